The zero-order chi connectivity index (χ0) is 11.4. The SMILES string of the molecule is CC(CN1CCOCC1)c1cccc(N)c1. The van der Waals surface area contributed by atoms with E-state index in [9.17, 15) is 0 Å². The Morgan fingerprint density at radius 2 is 2.12 bits per heavy atom. The van der Waals surface area contributed by atoms with Crippen molar-refractivity contribution in [2.24, 2.45) is 0 Å². The second kappa shape index (κ2) is 5.32. The molecule has 0 amide bonds. The van der Waals surface area contributed by atoms with Crippen molar-refractivity contribution in [1.82, 2.24) is 4.90 Å². The van der Waals surface area contributed by atoms with E-state index < -0.39 is 0 Å². The number of rotatable bonds is 3. The van der Waals surface area contributed by atoms with Crippen molar-refractivity contribution in [3.8, 4) is 0 Å². The molecule has 1 aliphatic heterocycles. The van der Waals surface area contributed by atoms with Crippen LogP contribution in [-0.4, -0.2) is 37.7 Å². The third kappa shape index (κ3) is 2.97. The fraction of sp³-hybridized carbons (Fsp3) is 0.538. The second-order valence-electron chi connectivity index (χ2n) is 4.48. The second-order valence-corrected chi connectivity index (χ2v) is 4.48. The third-order valence-electron chi connectivity index (χ3n) is 3.12. The van der Waals surface area contributed by atoms with Gasteiger partial charge >= 0.3 is 0 Å². The smallest absolute Gasteiger partial charge is 0.0594 e. The maximum absolute atomic E-state index is 5.80. The molecule has 2 N–H and O–H groups in total. The number of hydrogen-bond donors (Lipinski definition) is 1. The Labute approximate surface area is 97.2 Å². The standard InChI is InChI=1S/C13H20N2O/c1-11(10-15-5-7-16-8-6-15)12-3-2-4-13(14)9-12/h2-4,9,11H,5-8,10,14H2,1H3. The molecule has 0 spiro atoms. The van der Waals surface area contributed by atoms with Gasteiger partial charge in [0, 0.05) is 25.3 Å². The molecule has 1 aliphatic rings. The van der Waals surface area contributed by atoms with Gasteiger partial charge < -0.3 is 10.5 Å². The molecule has 0 bridgehead atoms. The minimum atomic E-state index is 0.529. The fourth-order valence-corrected chi connectivity index (χ4v) is 2.14. The summed E-state index contributed by atoms with van der Waals surface area (Å²) in [7, 11) is 0. The molecule has 0 aromatic heterocycles. The molecule has 2 rings (SSSR count). The summed E-state index contributed by atoms with van der Waals surface area (Å²) in [6, 6.07) is 8.19. The zero-order valence-corrected chi connectivity index (χ0v) is 9.86. The third-order valence-corrected chi connectivity index (χ3v) is 3.12. The maximum atomic E-state index is 5.80. The predicted molar refractivity (Wildman–Crippen MR) is 66.5 cm³/mol. The predicted octanol–water partition coefficient (Wildman–Crippen LogP) is 1.70. The number of anilines is 1. The van der Waals surface area contributed by atoms with E-state index >= 15 is 0 Å². The van der Waals surface area contributed by atoms with Crippen LogP contribution in [0.3, 0.4) is 0 Å². The molecular formula is C13H20N2O. The minimum Gasteiger partial charge on any atom is -0.399 e. The lowest BCUT2D eigenvalue weighted by Crippen LogP contribution is -2.38. The number of ether oxygens (including phenoxy) is 1. The normalized spacial score (nSPS) is 19.6. The number of nitrogen functional groups attached to an aromatic ring is 1. The van der Waals surface area contributed by atoms with Gasteiger partial charge in [-0.1, -0.05) is 19.1 Å². The van der Waals surface area contributed by atoms with Gasteiger partial charge in [-0.2, -0.15) is 0 Å². The molecule has 0 aliphatic carbocycles. The Morgan fingerprint density at radius 3 is 2.81 bits per heavy atom. The van der Waals surface area contributed by atoms with Crippen LogP contribution in [0.15, 0.2) is 24.3 Å². The van der Waals surface area contributed by atoms with E-state index in [1.807, 2.05) is 12.1 Å². The monoisotopic (exact) mass is 220 g/mol. The van der Waals surface area contributed by atoms with Crippen molar-refractivity contribution in [2.75, 3.05) is 38.6 Å². The average molecular weight is 220 g/mol. The molecular weight excluding hydrogens is 200 g/mol. The van der Waals surface area contributed by atoms with Gasteiger partial charge in [0.05, 0.1) is 13.2 Å². The number of morpholine rings is 1. The molecule has 1 atom stereocenters. The van der Waals surface area contributed by atoms with Crippen LogP contribution in [0.2, 0.25) is 0 Å². The quantitative estimate of drug-likeness (QED) is 0.788. The first kappa shape index (κ1) is 11.4. The summed E-state index contributed by atoms with van der Waals surface area (Å²) in [6.07, 6.45) is 0. The van der Waals surface area contributed by atoms with E-state index in [1.165, 1.54) is 5.56 Å². The van der Waals surface area contributed by atoms with Crippen molar-refractivity contribution in [1.29, 1.82) is 0 Å². The highest BCUT2D eigenvalue weighted by molar-refractivity contribution is 5.41. The first-order valence-corrected chi connectivity index (χ1v) is 5.91. The highest BCUT2D eigenvalue weighted by Crippen LogP contribution is 2.19. The molecule has 88 valence electrons. The van der Waals surface area contributed by atoms with Gasteiger partial charge in [-0.3, -0.25) is 4.90 Å². The van der Waals surface area contributed by atoms with Gasteiger partial charge in [0.15, 0.2) is 0 Å². The van der Waals surface area contributed by atoms with Gasteiger partial charge in [-0.25, -0.2) is 0 Å². The number of benzene rings is 1. The molecule has 1 aromatic carbocycles. The van der Waals surface area contributed by atoms with Crippen molar-refractivity contribution in [2.45, 2.75) is 12.8 Å². The van der Waals surface area contributed by atoms with Crippen LogP contribution in [0.4, 0.5) is 5.69 Å². The molecule has 1 aromatic rings. The van der Waals surface area contributed by atoms with E-state index in [1.54, 1.807) is 0 Å². The Morgan fingerprint density at radius 1 is 1.38 bits per heavy atom. The van der Waals surface area contributed by atoms with Crippen LogP contribution < -0.4 is 5.73 Å². The van der Waals surface area contributed by atoms with Gasteiger partial charge in [-0.15, -0.1) is 0 Å². The van der Waals surface area contributed by atoms with Crippen molar-refractivity contribution >= 4 is 5.69 Å². The lowest BCUT2D eigenvalue weighted by molar-refractivity contribution is 0.0357. The molecule has 1 unspecified atom stereocenters. The van der Waals surface area contributed by atoms with Crippen LogP contribution in [-0.2, 0) is 4.74 Å². The van der Waals surface area contributed by atoms with E-state index in [2.05, 4.69) is 24.0 Å². The highest BCUT2D eigenvalue weighted by atomic mass is 16.5. The van der Waals surface area contributed by atoms with E-state index in [0.29, 0.717) is 5.92 Å². The van der Waals surface area contributed by atoms with Crippen molar-refractivity contribution in [3.63, 3.8) is 0 Å². The largest absolute Gasteiger partial charge is 0.399 e. The first-order chi connectivity index (χ1) is 7.75. The van der Waals surface area contributed by atoms with Crippen LogP contribution in [0.5, 0.6) is 0 Å². The van der Waals surface area contributed by atoms with Gasteiger partial charge in [-0.05, 0) is 23.6 Å². The Bertz CT molecular complexity index is 334. The molecule has 16 heavy (non-hydrogen) atoms. The Kier molecular flexibility index (Phi) is 3.80. The van der Waals surface area contributed by atoms with Crippen LogP contribution >= 0.6 is 0 Å². The Hall–Kier alpha value is -1.06. The van der Waals surface area contributed by atoms with Crippen molar-refractivity contribution in [3.05, 3.63) is 29.8 Å². The van der Waals surface area contributed by atoms with E-state index in [-0.39, 0.29) is 0 Å². The zero-order valence-electron chi connectivity index (χ0n) is 9.86. The van der Waals surface area contributed by atoms with Gasteiger partial charge in [0.25, 0.3) is 0 Å². The lowest BCUT2D eigenvalue weighted by atomic mass is 10.00. The molecule has 1 heterocycles. The van der Waals surface area contributed by atoms with Gasteiger partial charge in [0.1, 0.15) is 0 Å². The summed E-state index contributed by atoms with van der Waals surface area (Å²) in [6.45, 7) is 7.17. The summed E-state index contributed by atoms with van der Waals surface area (Å²) in [4.78, 5) is 2.46. The fourth-order valence-electron chi connectivity index (χ4n) is 2.14. The molecule has 0 saturated carbocycles. The van der Waals surface area contributed by atoms with Crippen LogP contribution in [0.1, 0.15) is 18.4 Å². The highest BCUT2D eigenvalue weighted by Gasteiger charge is 2.14. The maximum Gasteiger partial charge on any atom is 0.0594 e. The molecule has 1 fully saturated rings. The molecule has 3 heteroatoms. The summed E-state index contributed by atoms with van der Waals surface area (Å²) < 4.78 is 5.34. The van der Waals surface area contributed by atoms with Crippen LogP contribution in [0.25, 0.3) is 0 Å². The Balaban J connectivity index is 1.94. The number of nitrogens with two attached hydrogens (primary N) is 1. The molecule has 3 nitrogen and oxygen atoms in total. The molecule has 0 radical (unpaired) electrons. The summed E-state index contributed by atoms with van der Waals surface area (Å²) in [5.74, 6) is 0.529. The van der Waals surface area contributed by atoms with Crippen LogP contribution in [0, 0.1) is 0 Å². The summed E-state index contributed by atoms with van der Waals surface area (Å²) in [5, 5.41) is 0. The minimum absolute atomic E-state index is 0.529. The first-order valence-electron chi connectivity index (χ1n) is 5.91. The summed E-state index contributed by atoms with van der Waals surface area (Å²) in [5.41, 5.74) is 7.97. The topological polar surface area (TPSA) is 38.5 Å². The van der Waals surface area contributed by atoms with Gasteiger partial charge in [0.2, 0.25) is 0 Å². The number of hydrogen-bond acceptors (Lipinski definition) is 3. The van der Waals surface area contributed by atoms with Crippen molar-refractivity contribution < 1.29 is 4.74 Å². The summed E-state index contributed by atoms with van der Waals surface area (Å²) >= 11 is 0. The van der Waals surface area contributed by atoms with E-state index in [0.717, 1.165) is 38.5 Å². The molecule has 1 saturated heterocycles. The lowest BCUT2D eigenvalue weighted by Gasteiger charge is -2.29. The number of nitrogens with zero attached hydrogens (tertiary/aromatic N) is 1. The van der Waals surface area contributed by atoms with E-state index in [4.69, 9.17) is 10.5 Å². The average Bonchev–Trinajstić information content (AvgIpc) is 2.30.